The van der Waals surface area contributed by atoms with E-state index in [2.05, 4.69) is 46.9 Å². The summed E-state index contributed by atoms with van der Waals surface area (Å²) < 4.78 is 6.49. The van der Waals surface area contributed by atoms with Crippen molar-refractivity contribution in [3.8, 4) is 0 Å². The number of anilines is 4. The Kier molecular flexibility index (Phi) is 6.05. The van der Waals surface area contributed by atoms with Crippen LogP contribution in [0.2, 0.25) is 0 Å². The van der Waals surface area contributed by atoms with Gasteiger partial charge in [-0.15, -0.1) is 11.3 Å². The number of hydrogen-bond acceptors (Lipinski definition) is 10. The zero-order chi connectivity index (χ0) is 20.9. The van der Waals surface area contributed by atoms with Crippen LogP contribution in [0.25, 0.3) is 10.2 Å². The van der Waals surface area contributed by atoms with Gasteiger partial charge in [-0.05, 0) is 51.4 Å². The van der Waals surface area contributed by atoms with Crippen molar-refractivity contribution in [2.75, 3.05) is 43.1 Å². The molecule has 0 amide bonds. The second-order valence-corrected chi connectivity index (χ2v) is 8.24. The minimum atomic E-state index is 0.458. The molecule has 0 saturated heterocycles. The zero-order valence-electron chi connectivity index (χ0n) is 17.1. The van der Waals surface area contributed by atoms with Crippen molar-refractivity contribution in [1.82, 2.24) is 24.8 Å². The maximum absolute atomic E-state index is 5.37. The van der Waals surface area contributed by atoms with E-state index in [0.29, 0.717) is 24.4 Å². The summed E-state index contributed by atoms with van der Waals surface area (Å²) in [7, 11) is 4.05. The van der Waals surface area contributed by atoms with Crippen LogP contribution in [0.1, 0.15) is 10.8 Å². The van der Waals surface area contributed by atoms with E-state index in [4.69, 9.17) is 4.42 Å². The molecular formula is C20H24N8OS. The summed E-state index contributed by atoms with van der Waals surface area (Å²) in [5, 5.41) is 10.8. The number of aromatic nitrogens is 4. The first-order valence-electron chi connectivity index (χ1n) is 9.60. The van der Waals surface area contributed by atoms with Crippen molar-refractivity contribution in [3.63, 3.8) is 0 Å². The Bertz CT molecular complexity index is 1110. The van der Waals surface area contributed by atoms with E-state index in [1.54, 1.807) is 17.6 Å². The molecular weight excluding hydrogens is 400 g/mol. The molecule has 3 aromatic heterocycles. The number of aryl methyl sites for hydroxylation is 1. The molecule has 10 heteroatoms. The van der Waals surface area contributed by atoms with Crippen LogP contribution in [0, 0.1) is 6.92 Å². The lowest BCUT2D eigenvalue weighted by molar-refractivity contribution is 0.425. The predicted octanol–water partition coefficient (Wildman–Crippen LogP) is 3.71. The summed E-state index contributed by atoms with van der Waals surface area (Å²) in [6, 6.07) is 9.77. The van der Waals surface area contributed by atoms with E-state index in [-0.39, 0.29) is 0 Å². The SMILES string of the molecule is Cc1nc2ccc(Nc3nc(NCCN(C)C)nc(NCc4ccco4)n3)cc2s1. The lowest BCUT2D eigenvalue weighted by Gasteiger charge is -2.13. The van der Waals surface area contributed by atoms with Gasteiger partial charge in [0.15, 0.2) is 0 Å². The fourth-order valence-corrected chi connectivity index (χ4v) is 3.67. The number of likely N-dealkylation sites (N-methyl/N-ethyl adjacent to an activating group) is 1. The Balaban J connectivity index is 1.54. The molecule has 0 aliphatic carbocycles. The van der Waals surface area contributed by atoms with Gasteiger partial charge in [0.2, 0.25) is 17.8 Å². The average molecular weight is 425 g/mol. The highest BCUT2D eigenvalue weighted by atomic mass is 32.1. The van der Waals surface area contributed by atoms with Crippen LogP contribution in [0.5, 0.6) is 0 Å². The van der Waals surface area contributed by atoms with Crippen molar-refractivity contribution < 1.29 is 4.42 Å². The lowest BCUT2D eigenvalue weighted by atomic mass is 10.3. The average Bonchev–Trinajstić information content (AvgIpc) is 3.34. The van der Waals surface area contributed by atoms with Gasteiger partial charge in [0, 0.05) is 18.8 Å². The fourth-order valence-electron chi connectivity index (χ4n) is 2.81. The number of hydrogen-bond donors (Lipinski definition) is 3. The second kappa shape index (κ2) is 9.06. The Morgan fingerprint density at radius 1 is 1.00 bits per heavy atom. The van der Waals surface area contributed by atoms with Crippen LogP contribution >= 0.6 is 11.3 Å². The van der Waals surface area contributed by atoms with Crippen molar-refractivity contribution >= 4 is 45.1 Å². The van der Waals surface area contributed by atoms with Gasteiger partial charge in [-0.1, -0.05) is 0 Å². The molecule has 0 saturated carbocycles. The first-order valence-corrected chi connectivity index (χ1v) is 10.4. The standard InChI is InChI=1S/C20H24N8OS/c1-13-23-16-7-6-14(11-17(16)30-13)24-20-26-18(21-8-9-28(2)3)25-19(27-20)22-12-15-5-4-10-29-15/h4-7,10-11H,8-9,12H2,1-3H3,(H3,21,22,24,25,26,27). The van der Waals surface area contributed by atoms with E-state index in [0.717, 1.165) is 39.8 Å². The van der Waals surface area contributed by atoms with E-state index >= 15 is 0 Å². The zero-order valence-corrected chi connectivity index (χ0v) is 18.0. The largest absolute Gasteiger partial charge is 0.467 e. The number of nitrogens with zero attached hydrogens (tertiary/aromatic N) is 5. The second-order valence-electron chi connectivity index (χ2n) is 7.01. The summed E-state index contributed by atoms with van der Waals surface area (Å²) in [5.41, 5.74) is 1.89. The molecule has 4 aromatic rings. The van der Waals surface area contributed by atoms with Crippen LogP contribution in [0.15, 0.2) is 41.0 Å². The first-order chi connectivity index (χ1) is 14.5. The minimum absolute atomic E-state index is 0.458. The summed E-state index contributed by atoms with van der Waals surface area (Å²) >= 11 is 1.66. The molecule has 0 fully saturated rings. The summed E-state index contributed by atoms with van der Waals surface area (Å²) in [6.07, 6.45) is 1.64. The number of nitrogens with one attached hydrogen (secondary N) is 3. The Morgan fingerprint density at radius 3 is 2.57 bits per heavy atom. The molecule has 1 aromatic carbocycles. The molecule has 0 unspecified atom stereocenters. The fraction of sp³-hybridized carbons (Fsp3) is 0.300. The molecule has 3 heterocycles. The van der Waals surface area contributed by atoms with Gasteiger partial charge in [0.05, 0.1) is 28.0 Å². The van der Waals surface area contributed by atoms with Crippen molar-refractivity contribution in [2.45, 2.75) is 13.5 Å². The molecule has 0 aliphatic heterocycles. The quantitative estimate of drug-likeness (QED) is 0.371. The molecule has 156 valence electrons. The van der Waals surface area contributed by atoms with Crippen LogP contribution in [0.3, 0.4) is 0 Å². The smallest absolute Gasteiger partial charge is 0.233 e. The summed E-state index contributed by atoms with van der Waals surface area (Å²) in [5.74, 6) is 2.23. The van der Waals surface area contributed by atoms with Crippen LogP contribution < -0.4 is 16.0 Å². The highest BCUT2D eigenvalue weighted by Gasteiger charge is 2.09. The van der Waals surface area contributed by atoms with Gasteiger partial charge < -0.3 is 25.3 Å². The highest BCUT2D eigenvalue weighted by molar-refractivity contribution is 7.18. The molecule has 4 rings (SSSR count). The Morgan fingerprint density at radius 2 is 1.80 bits per heavy atom. The van der Waals surface area contributed by atoms with Gasteiger partial charge >= 0.3 is 0 Å². The van der Waals surface area contributed by atoms with E-state index < -0.39 is 0 Å². The van der Waals surface area contributed by atoms with Gasteiger partial charge in [-0.2, -0.15) is 15.0 Å². The van der Waals surface area contributed by atoms with Gasteiger partial charge in [0.1, 0.15) is 5.76 Å². The maximum Gasteiger partial charge on any atom is 0.233 e. The molecule has 30 heavy (non-hydrogen) atoms. The number of rotatable bonds is 9. The number of thiazole rings is 1. The number of benzene rings is 1. The van der Waals surface area contributed by atoms with Crippen LogP contribution in [0.4, 0.5) is 23.5 Å². The number of fused-ring (bicyclic) bond motifs is 1. The third-order valence-electron chi connectivity index (χ3n) is 4.23. The normalized spacial score (nSPS) is 11.2. The van der Waals surface area contributed by atoms with Crippen molar-refractivity contribution in [3.05, 3.63) is 47.4 Å². The van der Waals surface area contributed by atoms with Crippen LogP contribution in [-0.2, 0) is 6.54 Å². The third-order valence-corrected chi connectivity index (χ3v) is 5.16. The molecule has 3 N–H and O–H groups in total. The summed E-state index contributed by atoms with van der Waals surface area (Å²) in [4.78, 5) is 20.1. The van der Waals surface area contributed by atoms with Crippen LogP contribution in [-0.4, -0.2) is 52.0 Å². The summed E-state index contributed by atoms with van der Waals surface area (Å²) in [6.45, 7) is 4.08. The number of furan rings is 1. The maximum atomic E-state index is 5.37. The third kappa shape index (κ3) is 5.22. The van der Waals surface area contributed by atoms with Gasteiger partial charge in [0.25, 0.3) is 0 Å². The molecule has 0 atom stereocenters. The van der Waals surface area contributed by atoms with E-state index in [1.165, 1.54) is 0 Å². The van der Waals surface area contributed by atoms with Gasteiger partial charge in [-0.25, -0.2) is 4.98 Å². The minimum Gasteiger partial charge on any atom is -0.467 e. The molecule has 9 nitrogen and oxygen atoms in total. The topological polar surface area (TPSA) is 104 Å². The van der Waals surface area contributed by atoms with E-state index in [9.17, 15) is 0 Å². The Hall–Kier alpha value is -3.24. The monoisotopic (exact) mass is 424 g/mol. The molecule has 0 radical (unpaired) electrons. The van der Waals surface area contributed by atoms with E-state index in [1.807, 2.05) is 45.3 Å². The Labute approximate surface area is 178 Å². The first kappa shape index (κ1) is 20.0. The molecule has 0 spiro atoms. The van der Waals surface area contributed by atoms with Crippen molar-refractivity contribution in [2.24, 2.45) is 0 Å². The lowest BCUT2D eigenvalue weighted by Crippen LogP contribution is -2.22. The molecule has 0 bridgehead atoms. The predicted molar refractivity (Wildman–Crippen MR) is 121 cm³/mol. The highest BCUT2D eigenvalue weighted by Crippen LogP contribution is 2.26. The van der Waals surface area contributed by atoms with Gasteiger partial charge in [-0.3, -0.25) is 0 Å². The van der Waals surface area contributed by atoms with Crippen molar-refractivity contribution in [1.29, 1.82) is 0 Å². The molecule has 0 aliphatic rings.